The second-order valence-electron chi connectivity index (χ2n) is 7.57. The third-order valence-electron chi connectivity index (χ3n) is 6.09. The van der Waals surface area contributed by atoms with Crippen LogP contribution in [0.5, 0.6) is 0 Å². The molecule has 1 saturated heterocycles. The van der Waals surface area contributed by atoms with Gasteiger partial charge in [-0.15, -0.1) is 0 Å². The van der Waals surface area contributed by atoms with Gasteiger partial charge in [0.1, 0.15) is 0 Å². The van der Waals surface area contributed by atoms with E-state index in [4.69, 9.17) is 0 Å². The number of benzene rings is 1. The van der Waals surface area contributed by atoms with E-state index in [1.165, 1.54) is 5.56 Å². The van der Waals surface area contributed by atoms with E-state index in [9.17, 15) is 10.2 Å². The molecule has 5 atom stereocenters. The van der Waals surface area contributed by atoms with Gasteiger partial charge in [0, 0.05) is 25.0 Å². The molecular formula is C18H25NO2. The Hall–Kier alpha value is -0.900. The molecule has 0 aromatic heterocycles. The van der Waals surface area contributed by atoms with Crippen LogP contribution >= 0.6 is 0 Å². The van der Waals surface area contributed by atoms with Crippen molar-refractivity contribution in [3.8, 4) is 0 Å². The molecule has 1 aromatic rings. The second-order valence-corrected chi connectivity index (χ2v) is 7.57. The van der Waals surface area contributed by atoms with E-state index in [2.05, 4.69) is 36.1 Å². The van der Waals surface area contributed by atoms with Crippen LogP contribution < -0.4 is 0 Å². The van der Waals surface area contributed by atoms with Gasteiger partial charge in [-0.2, -0.15) is 0 Å². The van der Waals surface area contributed by atoms with E-state index >= 15 is 0 Å². The van der Waals surface area contributed by atoms with Crippen molar-refractivity contribution in [2.45, 2.75) is 56.4 Å². The maximum absolute atomic E-state index is 10.7. The average molecular weight is 287 g/mol. The molecule has 3 aliphatic rings. The highest BCUT2D eigenvalue weighted by Gasteiger charge is 2.65. The van der Waals surface area contributed by atoms with E-state index < -0.39 is 11.2 Å². The molecule has 2 aliphatic carbocycles. The first kappa shape index (κ1) is 13.7. The van der Waals surface area contributed by atoms with Crippen LogP contribution in [-0.2, 0) is 6.54 Å². The lowest BCUT2D eigenvalue weighted by Gasteiger charge is -2.30. The van der Waals surface area contributed by atoms with Crippen molar-refractivity contribution in [1.82, 2.24) is 4.90 Å². The zero-order chi connectivity index (χ0) is 14.7. The number of piperidine rings is 1. The molecule has 1 heterocycles. The van der Waals surface area contributed by atoms with E-state index in [0.717, 1.165) is 38.8 Å². The number of likely N-dealkylation sites (tertiary alicyclic amines) is 1. The van der Waals surface area contributed by atoms with Crippen molar-refractivity contribution in [3.05, 3.63) is 35.9 Å². The Labute approximate surface area is 126 Å². The molecule has 1 aliphatic heterocycles. The minimum Gasteiger partial charge on any atom is -0.390 e. The van der Waals surface area contributed by atoms with Crippen molar-refractivity contribution < 1.29 is 10.2 Å². The van der Waals surface area contributed by atoms with Crippen molar-refractivity contribution >= 4 is 0 Å². The Morgan fingerprint density at radius 3 is 2.57 bits per heavy atom. The van der Waals surface area contributed by atoms with Crippen molar-refractivity contribution in [3.63, 3.8) is 0 Å². The van der Waals surface area contributed by atoms with Crippen LogP contribution in [0.25, 0.3) is 0 Å². The first-order chi connectivity index (χ1) is 10.0. The highest BCUT2D eigenvalue weighted by Crippen LogP contribution is 2.56. The summed E-state index contributed by atoms with van der Waals surface area (Å²) < 4.78 is 0. The number of hydrogen-bond donors (Lipinski definition) is 2. The maximum Gasteiger partial charge on any atom is 0.0847 e. The van der Waals surface area contributed by atoms with Crippen molar-refractivity contribution in [2.75, 3.05) is 6.54 Å². The summed E-state index contributed by atoms with van der Waals surface area (Å²) in [6, 6.07) is 10.7. The third-order valence-corrected chi connectivity index (χ3v) is 6.09. The highest BCUT2D eigenvalue weighted by atomic mass is 16.3. The highest BCUT2D eigenvalue weighted by molar-refractivity contribution is 5.21. The van der Waals surface area contributed by atoms with Crippen LogP contribution in [0, 0.1) is 11.8 Å². The van der Waals surface area contributed by atoms with Gasteiger partial charge in [-0.25, -0.2) is 0 Å². The number of hydrogen-bond acceptors (Lipinski definition) is 3. The molecule has 1 aromatic carbocycles. The number of nitrogens with zero attached hydrogens (tertiary/aromatic N) is 1. The lowest BCUT2D eigenvalue weighted by Crippen LogP contribution is -2.40. The zero-order valence-corrected chi connectivity index (χ0v) is 12.7. The summed E-state index contributed by atoms with van der Waals surface area (Å²) in [6.45, 7) is 4.04. The van der Waals surface area contributed by atoms with Gasteiger partial charge in [0.05, 0.1) is 11.2 Å². The Morgan fingerprint density at radius 2 is 1.90 bits per heavy atom. The molecule has 2 saturated carbocycles. The van der Waals surface area contributed by atoms with Gasteiger partial charge in [0.25, 0.3) is 0 Å². The molecule has 0 spiro atoms. The molecule has 3 fully saturated rings. The van der Waals surface area contributed by atoms with Gasteiger partial charge in [-0.05, 0) is 37.2 Å². The van der Waals surface area contributed by atoms with Crippen LogP contribution in [0.3, 0.4) is 0 Å². The summed E-state index contributed by atoms with van der Waals surface area (Å²) in [7, 11) is 0. The standard InChI is InChI=1S/C18H25NO2/c1-13-9-17(13,20)8-7-16-18(21)10-15(18)12-19(16)11-14-5-3-2-4-6-14/h2-6,13,15-16,20-21H,7-12H2,1H3/t13?,15?,16-,17?,18+/m0/s1. The molecule has 0 amide bonds. The molecule has 0 radical (unpaired) electrons. The summed E-state index contributed by atoms with van der Waals surface area (Å²) in [5.41, 5.74) is 0.399. The monoisotopic (exact) mass is 287 g/mol. The fourth-order valence-corrected chi connectivity index (χ4v) is 4.32. The van der Waals surface area contributed by atoms with Crippen molar-refractivity contribution in [2.24, 2.45) is 11.8 Å². The molecule has 3 unspecified atom stereocenters. The first-order valence-corrected chi connectivity index (χ1v) is 8.24. The molecule has 3 nitrogen and oxygen atoms in total. The predicted molar refractivity (Wildman–Crippen MR) is 81.7 cm³/mol. The van der Waals surface area contributed by atoms with Crippen LogP contribution in [0.4, 0.5) is 0 Å². The summed E-state index contributed by atoms with van der Waals surface area (Å²) in [5, 5.41) is 21.1. The first-order valence-electron chi connectivity index (χ1n) is 8.24. The van der Waals surface area contributed by atoms with Gasteiger partial charge >= 0.3 is 0 Å². The Balaban J connectivity index is 1.44. The summed E-state index contributed by atoms with van der Waals surface area (Å²) in [6.07, 6.45) is 3.64. The maximum atomic E-state index is 10.7. The summed E-state index contributed by atoms with van der Waals surface area (Å²) >= 11 is 0. The van der Waals surface area contributed by atoms with Gasteiger partial charge in [0.15, 0.2) is 0 Å². The minimum absolute atomic E-state index is 0.222. The number of aliphatic hydroxyl groups is 2. The lowest BCUT2D eigenvalue weighted by atomic mass is 9.99. The Bertz CT molecular complexity index is 533. The van der Waals surface area contributed by atoms with E-state index in [1.54, 1.807) is 0 Å². The molecule has 114 valence electrons. The molecule has 0 bridgehead atoms. The normalized spacial score (nSPS) is 44.6. The number of rotatable bonds is 5. The quantitative estimate of drug-likeness (QED) is 0.872. The lowest BCUT2D eigenvalue weighted by molar-refractivity contribution is 0.0419. The fraction of sp³-hybridized carbons (Fsp3) is 0.667. The average Bonchev–Trinajstić information content (AvgIpc) is 3.25. The molecule has 21 heavy (non-hydrogen) atoms. The molecule has 2 N–H and O–H groups in total. The fourth-order valence-electron chi connectivity index (χ4n) is 4.32. The minimum atomic E-state index is -0.469. The Morgan fingerprint density at radius 1 is 1.19 bits per heavy atom. The largest absolute Gasteiger partial charge is 0.390 e. The van der Waals surface area contributed by atoms with Gasteiger partial charge in [-0.1, -0.05) is 37.3 Å². The SMILES string of the molecule is CC1CC1(O)CC[C@@H]1N(Cc2ccccc2)CC2C[C@@]21O. The predicted octanol–water partition coefficient (Wildman–Crippen LogP) is 2.17. The van der Waals surface area contributed by atoms with Crippen LogP contribution in [0.1, 0.15) is 38.2 Å². The van der Waals surface area contributed by atoms with E-state index in [0.29, 0.717) is 11.8 Å². The van der Waals surface area contributed by atoms with Gasteiger partial charge < -0.3 is 10.2 Å². The van der Waals surface area contributed by atoms with Gasteiger partial charge in [0.2, 0.25) is 0 Å². The summed E-state index contributed by atoms with van der Waals surface area (Å²) in [5.74, 6) is 0.892. The molecular weight excluding hydrogens is 262 g/mol. The smallest absolute Gasteiger partial charge is 0.0847 e. The number of fused-ring (bicyclic) bond motifs is 1. The van der Waals surface area contributed by atoms with Gasteiger partial charge in [-0.3, -0.25) is 4.90 Å². The third kappa shape index (κ3) is 2.32. The van der Waals surface area contributed by atoms with Crippen LogP contribution in [0.15, 0.2) is 30.3 Å². The zero-order valence-electron chi connectivity index (χ0n) is 12.7. The van der Waals surface area contributed by atoms with E-state index in [1.807, 2.05) is 6.07 Å². The summed E-state index contributed by atoms with van der Waals surface area (Å²) in [4.78, 5) is 2.43. The Kier molecular flexibility index (Phi) is 2.97. The van der Waals surface area contributed by atoms with Crippen LogP contribution in [-0.4, -0.2) is 38.9 Å². The molecule has 4 rings (SSSR count). The molecule has 3 heteroatoms. The van der Waals surface area contributed by atoms with Crippen LogP contribution in [0.2, 0.25) is 0 Å². The second kappa shape index (κ2) is 4.55. The topological polar surface area (TPSA) is 43.7 Å². The van der Waals surface area contributed by atoms with Crippen molar-refractivity contribution in [1.29, 1.82) is 0 Å². The van der Waals surface area contributed by atoms with E-state index in [-0.39, 0.29) is 6.04 Å².